The summed E-state index contributed by atoms with van der Waals surface area (Å²) in [4.78, 5) is 46.6. The number of rotatable bonds is 7. The minimum Gasteiger partial charge on any atom is -0.448 e. The van der Waals surface area contributed by atoms with Crippen LogP contribution in [-0.4, -0.2) is 61.9 Å². The molecule has 0 radical (unpaired) electrons. The van der Waals surface area contributed by atoms with Crippen LogP contribution in [0.4, 0.5) is 9.93 Å². The van der Waals surface area contributed by atoms with Crippen LogP contribution in [0.3, 0.4) is 0 Å². The lowest BCUT2D eigenvalue weighted by atomic mass is 9.95. The van der Waals surface area contributed by atoms with Gasteiger partial charge in [0, 0.05) is 11.6 Å². The second-order valence-electron chi connectivity index (χ2n) is 7.54. The first kappa shape index (κ1) is 22.7. The summed E-state index contributed by atoms with van der Waals surface area (Å²) in [6.45, 7) is 1.87. The Morgan fingerprint density at radius 1 is 1.45 bits per heavy atom. The number of alkyl carbamates (subject to hydrolysis) is 1. The van der Waals surface area contributed by atoms with Crippen molar-refractivity contribution in [1.82, 2.24) is 20.2 Å². The summed E-state index contributed by atoms with van der Waals surface area (Å²) in [6.07, 6.45) is 3.43. The quantitative estimate of drug-likeness (QED) is 0.149. The van der Waals surface area contributed by atoms with Gasteiger partial charge in [0.15, 0.2) is 11.1 Å². The van der Waals surface area contributed by atoms with Crippen molar-refractivity contribution in [2.24, 2.45) is 5.73 Å². The molecule has 2 fully saturated rings. The minimum absolute atomic E-state index is 0.0573. The summed E-state index contributed by atoms with van der Waals surface area (Å²) in [6, 6.07) is 4.71. The van der Waals surface area contributed by atoms with Crippen LogP contribution in [0.1, 0.15) is 18.3 Å². The Labute approximate surface area is 197 Å². The summed E-state index contributed by atoms with van der Waals surface area (Å²) in [7, 11) is 0. The Balaban J connectivity index is 1.35. The van der Waals surface area contributed by atoms with Crippen molar-refractivity contribution in [2.75, 3.05) is 11.9 Å². The highest BCUT2D eigenvalue weighted by atomic mass is 32.2. The van der Waals surface area contributed by atoms with Gasteiger partial charge in [-0.05, 0) is 25.1 Å². The molecule has 2 saturated heterocycles. The van der Waals surface area contributed by atoms with Crippen LogP contribution >= 0.6 is 23.1 Å². The van der Waals surface area contributed by atoms with E-state index >= 15 is 0 Å². The van der Waals surface area contributed by atoms with Crippen LogP contribution in [-0.2, 0) is 20.9 Å². The summed E-state index contributed by atoms with van der Waals surface area (Å²) in [5.41, 5.74) is 7.07. The largest absolute Gasteiger partial charge is 0.448 e. The lowest BCUT2D eigenvalue weighted by molar-refractivity contribution is -0.139. The first-order valence-electron chi connectivity index (χ1n) is 9.85. The molecule has 0 saturated carbocycles. The molecule has 2 amide bonds. The van der Waals surface area contributed by atoms with E-state index in [-0.39, 0.29) is 30.4 Å². The lowest BCUT2D eigenvalue weighted by Gasteiger charge is -2.38. The number of pyridine rings is 1. The molecule has 2 aliphatic rings. The molecule has 2 aliphatic heterocycles. The smallest absolute Gasteiger partial charge is 0.407 e. The Morgan fingerprint density at radius 2 is 2.27 bits per heavy atom. The van der Waals surface area contributed by atoms with Crippen molar-refractivity contribution < 1.29 is 19.1 Å². The van der Waals surface area contributed by atoms with Crippen LogP contribution in [0.2, 0.25) is 0 Å². The van der Waals surface area contributed by atoms with Crippen molar-refractivity contribution in [1.29, 1.82) is 5.41 Å². The maximum absolute atomic E-state index is 12.7. The first-order chi connectivity index (χ1) is 15.8. The van der Waals surface area contributed by atoms with Gasteiger partial charge in [0.1, 0.15) is 24.3 Å². The number of guanidine groups is 1. The third-order valence-electron chi connectivity index (χ3n) is 5.12. The van der Waals surface area contributed by atoms with Gasteiger partial charge < -0.3 is 30.8 Å². The molecule has 13 heteroatoms. The van der Waals surface area contributed by atoms with Crippen LogP contribution in [0.5, 0.6) is 0 Å². The standard InChI is InChI=1S/C20H21N7O4S2/c1-20(10-31-19(30)24-7-12-9-32-18(25-12)26-17(21)22)14(8-28)27-15(29)13(16(27)33-20)6-11-4-2-3-5-23-11/h2-6,8-9,14,16H,7,10H2,1H3,(H,24,30)(H4,21,22,25,26)/b13-6-/t14-,16?,20?/m0/s1. The van der Waals surface area contributed by atoms with E-state index in [0.717, 1.165) is 6.29 Å². The number of nitrogens with two attached hydrogens (primary N) is 1. The van der Waals surface area contributed by atoms with Gasteiger partial charge in [0.2, 0.25) is 0 Å². The van der Waals surface area contributed by atoms with Crippen molar-refractivity contribution in [2.45, 2.75) is 29.6 Å². The number of thiazole rings is 1. The second kappa shape index (κ2) is 9.19. The van der Waals surface area contributed by atoms with E-state index in [9.17, 15) is 14.4 Å². The molecule has 5 N–H and O–H groups in total. The van der Waals surface area contributed by atoms with Gasteiger partial charge in [-0.15, -0.1) is 23.1 Å². The number of β-lactam (4-membered cyclic amide) rings is 1. The van der Waals surface area contributed by atoms with Crippen LogP contribution in [0, 0.1) is 5.41 Å². The predicted molar refractivity (Wildman–Crippen MR) is 125 cm³/mol. The van der Waals surface area contributed by atoms with Crippen molar-refractivity contribution in [3.8, 4) is 0 Å². The van der Waals surface area contributed by atoms with Gasteiger partial charge in [-0.3, -0.25) is 15.2 Å². The lowest BCUT2D eigenvalue weighted by Crippen LogP contribution is -2.57. The van der Waals surface area contributed by atoms with Crippen LogP contribution in [0.15, 0.2) is 35.3 Å². The van der Waals surface area contributed by atoms with Crippen LogP contribution < -0.4 is 16.4 Å². The molecule has 0 aliphatic carbocycles. The molecule has 2 aromatic rings. The van der Waals surface area contributed by atoms with Gasteiger partial charge in [-0.25, -0.2) is 9.78 Å². The van der Waals surface area contributed by atoms with E-state index in [4.69, 9.17) is 15.9 Å². The molecule has 11 nitrogen and oxygen atoms in total. The monoisotopic (exact) mass is 487 g/mol. The summed E-state index contributed by atoms with van der Waals surface area (Å²) in [5.74, 6) is -0.446. The average Bonchev–Trinajstić information content (AvgIpc) is 3.35. The fraction of sp³-hybridized carbons (Fsp3) is 0.300. The SMILES string of the molecule is CC1(COC(=O)NCc2csc(NC(=N)N)n2)SC2/C(=C\c3ccccn3)C(=O)N2[C@H]1C=O. The number of ether oxygens (including phenoxy) is 1. The maximum atomic E-state index is 12.7. The average molecular weight is 488 g/mol. The number of nitrogens with one attached hydrogen (secondary N) is 3. The highest BCUT2D eigenvalue weighted by Crippen LogP contribution is 2.53. The van der Waals surface area contributed by atoms with Gasteiger partial charge >= 0.3 is 6.09 Å². The number of hydrogen-bond acceptors (Lipinski definition) is 9. The molecule has 3 atom stereocenters. The van der Waals surface area contributed by atoms with E-state index in [1.54, 1.807) is 36.7 Å². The topological polar surface area (TPSA) is 163 Å². The molecule has 2 unspecified atom stereocenters. The van der Waals surface area contributed by atoms with Crippen molar-refractivity contribution in [3.05, 3.63) is 46.7 Å². The summed E-state index contributed by atoms with van der Waals surface area (Å²) >= 11 is 2.66. The molecule has 4 heterocycles. The van der Waals surface area contributed by atoms with E-state index in [1.165, 1.54) is 28.0 Å². The number of amides is 2. The molecule has 0 spiro atoms. The number of thioether (sulfide) groups is 1. The zero-order chi connectivity index (χ0) is 23.6. The molecule has 0 aromatic carbocycles. The highest BCUT2D eigenvalue weighted by Gasteiger charge is 2.60. The fourth-order valence-electron chi connectivity index (χ4n) is 3.52. The first-order valence-corrected chi connectivity index (χ1v) is 11.6. The number of hydrogen-bond donors (Lipinski definition) is 4. The highest BCUT2D eigenvalue weighted by molar-refractivity contribution is 8.02. The zero-order valence-corrected chi connectivity index (χ0v) is 19.1. The Bertz CT molecular complexity index is 1120. The minimum atomic E-state index is -0.793. The van der Waals surface area contributed by atoms with Crippen molar-refractivity contribution >= 4 is 58.6 Å². The van der Waals surface area contributed by atoms with Crippen LogP contribution in [0.25, 0.3) is 6.08 Å². The molecular weight excluding hydrogens is 466 g/mol. The van der Waals surface area contributed by atoms with Gasteiger partial charge in [-0.2, -0.15) is 0 Å². The third kappa shape index (κ3) is 4.68. The predicted octanol–water partition coefficient (Wildman–Crippen LogP) is 1.39. The van der Waals surface area contributed by atoms with Gasteiger partial charge in [0.25, 0.3) is 5.91 Å². The normalized spacial score (nSPS) is 24.7. The number of fused-ring (bicyclic) bond motifs is 1. The molecule has 2 aromatic heterocycles. The third-order valence-corrected chi connectivity index (χ3v) is 7.53. The van der Waals surface area contributed by atoms with Gasteiger partial charge in [-0.1, -0.05) is 6.07 Å². The van der Waals surface area contributed by atoms with E-state index in [1.807, 2.05) is 6.07 Å². The molecule has 4 rings (SSSR count). The number of carbonyl (C=O) groups excluding carboxylic acids is 3. The summed E-state index contributed by atoms with van der Waals surface area (Å²) < 4.78 is 4.58. The molecule has 172 valence electrons. The number of carbonyl (C=O) groups is 3. The Hall–Kier alpha value is -3.45. The number of nitrogens with zero attached hydrogens (tertiary/aromatic N) is 3. The van der Waals surface area contributed by atoms with E-state index < -0.39 is 16.9 Å². The van der Waals surface area contributed by atoms with E-state index in [0.29, 0.717) is 22.1 Å². The maximum Gasteiger partial charge on any atom is 0.407 e. The number of anilines is 1. The van der Waals surface area contributed by atoms with Gasteiger partial charge in [0.05, 0.1) is 28.3 Å². The Morgan fingerprint density at radius 3 is 2.97 bits per heavy atom. The fourth-order valence-corrected chi connectivity index (χ4v) is 5.83. The second-order valence-corrected chi connectivity index (χ2v) is 10.0. The molecular formula is C20H21N7O4S2. The van der Waals surface area contributed by atoms with Crippen molar-refractivity contribution in [3.63, 3.8) is 0 Å². The van der Waals surface area contributed by atoms with E-state index in [2.05, 4.69) is 20.6 Å². The Kier molecular flexibility index (Phi) is 6.33. The molecule has 0 bridgehead atoms. The number of aromatic nitrogens is 2. The number of aldehydes is 1. The molecule has 33 heavy (non-hydrogen) atoms. The summed E-state index contributed by atoms with van der Waals surface area (Å²) in [5, 5.41) is 14.2. The zero-order valence-electron chi connectivity index (χ0n) is 17.5.